The minimum absolute atomic E-state index is 0.290. The molecule has 84 valence electrons. The third kappa shape index (κ3) is 7.10. The first kappa shape index (κ1) is 13.7. The van der Waals surface area contributed by atoms with E-state index in [0.717, 1.165) is 18.9 Å². The number of unbranched alkanes of at least 4 members (excludes halogenated alkanes) is 1. The molecule has 0 unspecified atom stereocenters. The smallest absolute Gasteiger partial charge is 0.421 e. The highest BCUT2D eigenvalue weighted by Gasteiger charge is 2.12. The van der Waals surface area contributed by atoms with Gasteiger partial charge in [-0.1, -0.05) is 15.9 Å². The van der Waals surface area contributed by atoms with Crippen LogP contribution in [-0.4, -0.2) is 33.5 Å². The molecule has 0 spiro atoms. The van der Waals surface area contributed by atoms with Crippen LogP contribution in [0.2, 0.25) is 0 Å². The second-order valence-electron chi connectivity index (χ2n) is 2.39. The largest absolute Gasteiger partial charge is 0.452 e. The summed E-state index contributed by atoms with van der Waals surface area (Å²) in [7, 11) is -2.67. The van der Waals surface area contributed by atoms with Crippen LogP contribution in [0, 0.1) is 0 Å². The van der Waals surface area contributed by atoms with Gasteiger partial charge in [-0.2, -0.15) is 13.1 Å². The first-order valence-corrected chi connectivity index (χ1v) is 6.53. The highest BCUT2D eigenvalue weighted by molar-refractivity contribution is 9.09. The standard InChI is InChI=1S/C6H13BrN2O4S/c1-13-6(10)9-14(11,12)8-5-3-2-4-7/h8H,2-5H2,1H3,(H,9,10). The zero-order chi connectivity index (χ0) is 11.0. The minimum atomic E-state index is -3.76. The van der Waals surface area contributed by atoms with Crippen molar-refractivity contribution in [3.8, 4) is 0 Å². The molecule has 0 aromatic carbocycles. The number of rotatable bonds is 6. The van der Waals surface area contributed by atoms with Crippen LogP contribution in [-0.2, 0) is 14.9 Å². The second kappa shape index (κ2) is 7.02. The van der Waals surface area contributed by atoms with Gasteiger partial charge in [-0.3, -0.25) is 0 Å². The maximum absolute atomic E-state index is 11.0. The molecular weight excluding hydrogens is 276 g/mol. The fourth-order valence-electron chi connectivity index (χ4n) is 0.613. The summed E-state index contributed by atoms with van der Waals surface area (Å²) in [6, 6.07) is 0. The molecule has 2 N–H and O–H groups in total. The van der Waals surface area contributed by atoms with Crippen molar-refractivity contribution in [3.63, 3.8) is 0 Å². The molecule has 0 aliphatic heterocycles. The zero-order valence-corrected chi connectivity index (χ0v) is 10.2. The van der Waals surface area contributed by atoms with Gasteiger partial charge in [0, 0.05) is 11.9 Å². The molecule has 0 aromatic rings. The van der Waals surface area contributed by atoms with Gasteiger partial charge in [-0.25, -0.2) is 9.52 Å². The van der Waals surface area contributed by atoms with Crippen LogP contribution in [0.1, 0.15) is 12.8 Å². The molecule has 0 rings (SSSR count). The monoisotopic (exact) mass is 288 g/mol. The van der Waals surface area contributed by atoms with Gasteiger partial charge in [-0.05, 0) is 12.8 Å². The summed E-state index contributed by atoms with van der Waals surface area (Å²) in [5.74, 6) is 0. The van der Waals surface area contributed by atoms with Crippen molar-refractivity contribution in [2.24, 2.45) is 0 Å². The van der Waals surface area contributed by atoms with Crippen LogP contribution in [0.5, 0.6) is 0 Å². The molecule has 8 heteroatoms. The van der Waals surface area contributed by atoms with Crippen molar-refractivity contribution < 1.29 is 17.9 Å². The predicted octanol–water partition coefficient (Wildman–Crippen LogP) is 0.352. The van der Waals surface area contributed by atoms with Gasteiger partial charge in [-0.15, -0.1) is 0 Å². The first-order chi connectivity index (χ1) is 6.52. The Labute approximate surface area is 91.7 Å². The Morgan fingerprint density at radius 2 is 2.07 bits per heavy atom. The van der Waals surface area contributed by atoms with E-state index in [1.54, 1.807) is 4.72 Å². The molecule has 14 heavy (non-hydrogen) atoms. The molecule has 0 fully saturated rings. The lowest BCUT2D eigenvalue weighted by atomic mass is 10.3. The average molecular weight is 289 g/mol. The summed E-state index contributed by atoms with van der Waals surface area (Å²) in [4.78, 5) is 10.6. The highest BCUT2D eigenvalue weighted by atomic mass is 79.9. The lowest BCUT2D eigenvalue weighted by Gasteiger charge is -2.06. The quantitative estimate of drug-likeness (QED) is 0.546. The fraction of sp³-hybridized carbons (Fsp3) is 0.833. The number of nitrogens with one attached hydrogen (secondary N) is 2. The molecule has 0 heterocycles. The Balaban J connectivity index is 3.79. The topological polar surface area (TPSA) is 84.5 Å². The van der Waals surface area contributed by atoms with Crippen molar-refractivity contribution in [1.82, 2.24) is 9.44 Å². The number of hydrogen-bond acceptors (Lipinski definition) is 4. The Morgan fingerprint density at radius 3 is 2.57 bits per heavy atom. The Bertz CT molecular complexity index is 267. The summed E-state index contributed by atoms with van der Waals surface area (Å²) in [6.45, 7) is 0.290. The summed E-state index contributed by atoms with van der Waals surface area (Å²) < 4.78 is 30.1. The van der Waals surface area contributed by atoms with E-state index < -0.39 is 16.3 Å². The van der Waals surface area contributed by atoms with Gasteiger partial charge in [0.15, 0.2) is 0 Å². The molecule has 0 radical (unpaired) electrons. The van der Waals surface area contributed by atoms with Crippen LogP contribution < -0.4 is 9.44 Å². The molecule has 1 amide bonds. The van der Waals surface area contributed by atoms with E-state index >= 15 is 0 Å². The number of hydrogen-bond donors (Lipinski definition) is 2. The van der Waals surface area contributed by atoms with Crippen LogP contribution in [0.4, 0.5) is 4.79 Å². The predicted molar refractivity (Wildman–Crippen MR) is 55.5 cm³/mol. The van der Waals surface area contributed by atoms with Crippen molar-refractivity contribution in [2.45, 2.75) is 12.8 Å². The van der Waals surface area contributed by atoms with E-state index in [0.29, 0.717) is 6.42 Å². The van der Waals surface area contributed by atoms with Gasteiger partial charge in [0.1, 0.15) is 0 Å². The lowest BCUT2D eigenvalue weighted by Crippen LogP contribution is -2.40. The van der Waals surface area contributed by atoms with Gasteiger partial charge < -0.3 is 4.74 Å². The van der Waals surface area contributed by atoms with Gasteiger partial charge >= 0.3 is 16.3 Å². The van der Waals surface area contributed by atoms with Gasteiger partial charge in [0.25, 0.3) is 0 Å². The van der Waals surface area contributed by atoms with E-state index in [1.165, 1.54) is 0 Å². The summed E-state index contributed by atoms with van der Waals surface area (Å²) in [5.41, 5.74) is 0. The number of methoxy groups -OCH3 is 1. The molecule has 0 aliphatic carbocycles. The molecule has 0 atom stereocenters. The fourth-order valence-corrected chi connectivity index (χ4v) is 1.80. The number of halogens is 1. The molecule has 0 saturated carbocycles. The van der Waals surface area contributed by atoms with Crippen LogP contribution in [0.3, 0.4) is 0 Å². The normalized spacial score (nSPS) is 11.0. The minimum Gasteiger partial charge on any atom is -0.452 e. The number of carbonyl (C=O) groups is 1. The van der Waals surface area contributed by atoms with Crippen molar-refractivity contribution in [1.29, 1.82) is 0 Å². The van der Waals surface area contributed by atoms with Gasteiger partial charge in [0.05, 0.1) is 7.11 Å². The average Bonchev–Trinajstić information content (AvgIpc) is 2.12. The SMILES string of the molecule is COC(=O)NS(=O)(=O)NCCCCBr. The summed E-state index contributed by atoms with van der Waals surface area (Å²) in [6.07, 6.45) is 0.562. The highest BCUT2D eigenvalue weighted by Crippen LogP contribution is 1.92. The van der Waals surface area contributed by atoms with E-state index in [9.17, 15) is 13.2 Å². The second-order valence-corrected chi connectivity index (χ2v) is 4.68. The van der Waals surface area contributed by atoms with E-state index in [4.69, 9.17) is 0 Å². The first-order valence-electron chi connectivity index (χ1n) is 3.93. The third-order valence-corrected chi connectivity index (χ3v) is 2.84. The molecule has 0 bridgehead atoms. The third-order valence-electron chi connectivity index (χ3n) is 1.26. The maximum Gasteiger partial charge on any atom is 0.421 e. The summed E-state index contributed by atoms with van der Waals surface area (Å²) >= 11 is 3.21. The Hall–Kier alpha value is -0.340. The molecule has 0 aliphatic rings. The van der Waals surface area contributed by atoms with Crippen molar-refractivity contribution in [3.05, 3.63) is 0 Å². The number of amides is 1. The van der Waals surface area contributed by atoms with Crippen LogP contribution in [0.25, 0.3) is 0 Å². The van der Waals surface area contributed by atoms with E-state index in [1.807, 2.05) is 0 Å². The van der Waals surface area contributed by atoms with Crippen molar-refractivity contribution >= 4 is 32.2 Å². The molecule has 0 aromatic heterocycles. The number of carbonyl (C=O) groups excluding carboxylic acids is 1. The van der Waals surface area contributed by atoms with E-state index in [2.05, 4.69) is 25.4 Å². The molecule has 0 saturated heterocycles. The zero-order valence-electron chi connectivity index (χ0n) is 7.75. The maximum atomic E-state index is 11.0. The van der Waals surface area contributed by atoms with Crippen molar-refractivity contribution in [2.75, 3.05) is 19.0 Å². The van der Waals surface area contributed by atoms with Crippen LogP contribution >= 0.6 is 15.9 Å². The lowest BCUT2D eigenvalue weighted by molar-refractivity contribution is 0.177. The molecular formula is C6H13BrN2O4S. The molecule has 6 nitrogen and oxygen atoms in total. The summed E-state index contributed by atoms with van der Waals surface area (Å²) in [5, 5.41) is 0.819. The number of ether oxygens (including phenoxy) is 1. The number of alkyl halides is 1. The van der Waals surface area contributed by atoms with Crippen LogP contribution in [0.15, 0.2) is 0 Å². The van der Waals surface area contributed by atoms with E-state index in [-0.39, 0.29) is 6.54 Å². The Morgan fingerprint density at radius 1 is 1.43 bits per heavy atom. The van der Waals surface area contributed by atoms with Gasteiger partial charge in [0.2, 0.25) is 0 Å². The Kier molecular flexibility index (Phi) is 6.85.